The standard InChI is InChI=1S/C23H15IN2/c24-17-10-11-21-19(13-17)20(14-25-21)23-18-9-5-4-8-16(18)12-22(26-23)15-6-2-1-3-7-15/h1-14,25H. The summed E-state index contributed by atoms with van der Waals surface area (Å²) in [7, 11) is 0. The molecule has 3 heteroatoms. The SMILES string of the molecule is Ic1ccc2[nH]cc(-c3nc(-c4ccccc4)cc4ccccc34)c2c1. The van der Waals surface area contributed by atoms with Gasteiger partial charge in [0.1, 0.15) is 0 Å². The van der Waals surface area contributed by atoms with Crippen LogP contribution in [0.25, 0.3) is 44.2 Å². The van der Waals surface area contributed by atoms with Crippen LogP contribution < -0.4 is 0 Å². The van der Waals surface area contributed by atoms with Gasteiger partial charge < -0.3 is 4.98 Å². The van der Waals surface area contributed by atoms with Crippen LogP contribution in [0, 0.1) is 3.57 Å². The number of H-pyrrole nitrogens is 1. The Labute approximate surface area is 165 Å². The second-order valence-electron chi connectivity index (χ2n) is 6.34. The van der Waals surface area contributed by atoms with Crippen molar-refractivity contribution in [3.8, 4) is 22.5 Å². The summed E-state index contributed by atoms with van der Waals surface area (Å²) in [6.45, 7) is 0. The third-order valence-electron chi connectivity index (χ3n) is 4.71. The van der Waals surface area contributed by atoms with E-state index in [9.17, 15) is 0 Å². The lowest BCUT2D eigenvalue weighted by Crippen LogP contribution is -1.90. The van der Waals surface area contributed by atoms with E-state index < -0.39 is 0 Å². The molecule has 0 aliphatic carbocycles. The maximum Gasteiger partial charge on any atom is 0.0809 e. The van der Waals surface area contributed by atoms with Crippen molar-refractivity contribution < 1.29 is 0 Å². The molecule has 1 N–H and O–H groups in total. The number of fused-ring (bicyclic) bond motifs is 2. The van der Waals surface area contributed by atoms with Gasteiger partial charge in [-0.2, -0.15) is 0 Å². The van der Waals surface area contributed by atoms with Crippen LogP contribution in [0.4, 0.5) is 0 Å². The van der Waals surface area contributed by atoms with Gasteiger partial charge in [0.05, 0.1) is 11.4 Å². The van der Waals surface area contributed by atoms with Gasteiger partial charge in [0.15, 0.2) is 0 Å². The molecule has 0 aliphatic heterocycles. The number of halogens is 1. The van der Waals surface area contributed by atoms with Crippen LogP contribution in [-0.4, -0.2) is 9.97 Å². The smallest absolute Gasteiger partial charge is 0.0809 e. The Balaban J connectivity index is 1.85. The van der Waals surface area contributed by atoms with Gasteiger partial charge in [-0.05, 0) is 52.2 Å². The van der Waals surface area contributed by atoms with Crippen molar-refractivity contribution in [3.63, 3.8) is 0 Å². The van der Waals surface area contributed by atoms with Crippen molar-refractivity contribution in [2.24, 2.45) is 0 Å². The summed E-state index contributed by atoms with van der Waals surface area (Å²) >= 11 is 2.36. The third-order valence-corrected chi connectivity index (χ3v) is 5.38. The molecule has 2 aromatic heterocycles. The molecule has 2 heterocycles. The summed E-state index contributed by atoms with van der Waals surface area (Å²) in [4.78, 5) is 8.47. The van der Waals surface area contributed by atoms with E-state index in [0.29, 0.717) is 0 Å². The first kappa shape index (κ1) is 15.6. The van der Waals surface area contributed by atoms with Crippen molar-refractivity contribution in [1.82, 2.24) is 9.97 Å². The summed E-state index contributed by atoms with van der Waals surface area (Å²) in [6, 6.07) is 27.5. The fourth-order valence-electron chi connectivity index (χ4n) is 3.45. The molecule has 0 unspecified atom stereocenters. The number of hydrogen-bond donors (Lipinski definition) is 1. The van der Waals surface area contributed by atoms with Crippen molar-refractivity contribution in [3.05, 3.63) is 88.6 Å². The summed E-state index contributed by atoms with van der Waals surface area (Å²) in [6.07, 6.45) is 2.07. The number of pyridine rings is 1. The first-order valence-corrected chi connectivity index (χ1v) is 9.60. The highest BCUT2D eigenvalue weighted by Crippen LogP contribution is 2.35. The molecule has 0 aliphatic rings. The predicted molar refractivity (Wildman–Crippen MR) is 117 cm³/mol. The third kappa shape index (κ3) is 2.59. The van der Waals surface area contributed by atoms with Crippen LogP contribution in [-0.2, 0) is 0 Å². The molecule has 5 rings (SSSR count). The molecule has 2 nitrogen and oxygen atoms in total. The summed E-state index contributed by atoms with van der Waals surface area (Å²) in [5, 5.41) is 3.59. The zero-order chi connectivity index (χ0) is 17.5. The van der Waals surface area contributed by atoms with Crippen molar-refractivity contribution >= 4 is 44.3 Å². The lowest BCUT2D eigenvalue weighted by Gasteiger charge is -2.09. The Morgan fingerprint density at radius 2 is 1.58 bits per heavy atom. The van der Waals surface area contributed by atoms with E-state index in [2.05, 4.69) is 107 Å². The lowest BCUT2D eigenvalue weighted by molar-refractivity contribution is 1.35. The average Bonchev–Trinajstić information content (AvgIpc) is 3.10. The quantitative estimate of drug-likeness (QED) is 0.302. The monoisotopic (exact) mass is 446 g/mol. The first-order chi connectivity index (χ1) is 12.8. The Morgan fingerprint density at radius 3 is 2.46 bits per heavy atom. The van der Waals surface area contributed by atoms with Gasteiger partial charge in [-0.1, -0.05) is 54.6 Å². The van der Waals surface area contributed by atoms with Crippen molar-refractivity contribution in [1.29, 1.82) is 0 Å². The number of hydrogen-bond acceptors (Lipinski definition) is 1. The second-order valence-corrected chi connectivity index (χ2v) is 7.58. The highest BCUT2D eigenvalue weighted by Gasteiger charge is 2.13. The van der Waals surface area contributed by atoms with Crippen LogP contribution in [0.3, 0.4) is 0 Å². The average molecular weight is 446 g/mol. The molecule has 0 saturated heterocycles. The Kier molecular flexibility index (Phi) is 3.75. The largest absolute Gasteiger partial charge is 0.360 e. The van der Waals surface area contributed by atoms with E-state index in [1.807, 2.05) is 6.07 Å². The number of rotatable bonds is 2. The topological polar surface area (TPSA) is 28.7 Å². The highest BCUT2D eigenvalue weighted by atomic mass is 127. The molecule has 0 saturated carbocycles. The van der Waals surface area contributed by atoms with E-state index in [4.69, 9.17) is 4.98 Å². The van der Waals surface area contributed by atoms with Gasteiger partial charge in [-0.25, -0.2) is 4.98 Å². The predicted octanol–water partition coefficient (Wildman–Crippen LogP) is 6.65. The van der Waals surface area contributed by atoms with E-state index in [-0.39, 0.29) is 0 Å². The molecule has 0 atom stereocenters. The minimum absolute atomic E-state index is 0.999. The van der Waals surface area contributed by atoms with Crippen LogP contribution in [0.2, 0.25) is 0 Å². The Hall–Kier alpha value is -2.66. The molecule has 3 aromatic carbocycles. The van der Waals surface area contributed by atoms with Crippen LogP contribution >= 0.6 is 22.6 Å². The van der Waals surface area contributed by atoms with Gasteiger partial charge in [0, 0.05) is 37.2 Å². The molecule has 0 bridgehead atoms. The number of aromatic nitrogens is 2. The molecule has 0 spiro atoms. The van der Waals surface area contributed by atoms with E-state index in [1.165, 1.54) is 19.7 Å². The minimum atomic E-state index is 0.999. The molecule has 5 aromatic rings. The zero-order valence-electron chi connectivity index (χ0n) is 13.9. The number of aromatic amines is 1. The van der Waals surface area contributed by atoms with Crippen LogP contribution in [0.5, 0.6) is 0 Å². The fourth-order valence-corrected chi connectivity index (χ4v) is 3.94. The summed E-state index contributed by atoms with van der Waals surface area (Å²) < 4.78 is 1.22. The highest BCUT2D eigenvalue weighted by molar-refractivity contribution is 14.1. The van der Waals surface area contributed by atoms with E-state index >= 15 is 0 Å². The van der Waals surface area contributed by atoms with Gasteiger partial charge >= 0.3 is 0 Å². The molecule has 0 fully saturated rings. The van der Waals surface area contributed by atoms with Crippen molar-refractivity contribution in [2.45, 2.75) is 0 Å². The van der Waals surface area contributed by atoms with Crippen LogP contribution in [0.15, 0.2) is 85.1 Å². The Bertz CT molecular complexity index is 1240. The molecular weight excluding hydrogens is 431 g/mol. The number of benzene rings is 3. The molecule has 124 valence electrons. The second kappa shape index (κ2) is 6.25. The van der Waals surface area contributed by atoms with Gasteiger partial charge in [0.2, 0.25) is 0 Å². The maximum atomic E-state index is 5.07. The zero-order valence-corrected chi connectivity index (χ0v) is 16.1. The molecule has 0 amide bonds. The normalized spacial score (nSPS) is 11.3. The molecule has 0 radical (unpaired) electrons. The first-order valence-electron chi connectivity index (χ1n) is 8.52. The minimum Gasteiger partial charge on any atom is -0.360 e. The summed E-state index contributed by atoms with van der Waals surface area (Å²) in [5.74, 6) is 0. The van der Waals surface area contributed by atoms with Gasteiger partial charge in [0.25, 0.3) is 0 Å². The number of nitrogens with one attached hydrogen (secondary N) is 1. The molecule has 26 heavy (non-hydrogen) atoms. The number of nitrogens with zero attached hydrogens (tertiary/aromatic N) is 1. The lowest BCUT2D eigenvalue weighted by atomic mass is 10.0. The fraction of sp³-hybridized carbons (Fsp3) is 0. The van der Waals surface area contributed by atoms with E-state index in [1.54, 1.807) is 0 Å². The van der Waals surface area contributed by atoms with Gasteiger partial charge in [-0.15, -0.1) is 0 Å². The van der Waals surface area contributed by atoms with E-state index in [0.717, 1.165) is 28.0 Å². The van der Waals surface area contributed by atoms with Crippen LogP contribution in [0.1, 0.15) is 0 Å². The van der Waals surface area contributed by atoms with Gasteiger partial charge in [-0.3, -0.25) is 0 Å². The Morgan fingerprint density at radius 1 is 0.769 bits per heavy atom. The van der Waals surface area contributed by atoms with Crippen molar-refractivity contribution in [2.75, 3.05) is 0 Å². The summed E-state index contributed by atoms with van der Waals surface area (Å²) in [5.41, 5.74) is 5.44. The maximum absolute atomic E-state index is 5.07. The molecular formula is C23H15IN2.